The summed E-state index contributed by atoms with van der Waals surface area (Å²) in [6, 6.07) is 20.4. The zero-order valence-electron chi connectivity index (χ0n) is 17.2. The average Bonchev–Trinajstić information content (AvgIpc) is 2.74. The number of anilines is 1. The van der Waals surface area contributed by atoms with Gasteiger partial charge in [0.25, 0.3) is 0 Å². The number of carbonyl (C=O) groups is 1. The lowest BCUT2D eigenvalue weighted by molar-refractivity contribution is -0.144. The van der Waals surface area contributed by atoms with E-state index in [1.165, 1.54) is 24.8 Å². The van der Waals surface area contributed by atoms with Crippen LogP contribution in [0.4, 0.5) is 5.69 Å². The Morgan fingerprint density at radius 3 is 2.00 bits per heavy atom. The molecule has 0 atom stereocenters. The lowest BCUT2D eigenvalue weighted by Gasteiger charge is -2.55. The van der Waals surface area contributed by atoms with Gasteiger partial charge >= 0.3 is 0 Å². The zero-order valence-corrected chi connectivity index (χ0v) is 18.0. The molecule has 4 fully saturated rings. The van der Waals surface area contributed by atoms with E-state index in [4.69, 9.17) is 12.2 Å². The van der Waals surface area contributed by atoms with Crippen LogP contribution in [0, 0.1) is 23.2 Å². The van der Waals surface area contributed by atoms with Crippen LogP contribution in [-0.4, -0.2) is 11.0 Å². The highest BCUT2D eigenvalue weighted by molar-refractivity contribution is 7.80. The molecule has 2 N–H and O–H groups in total. The minimum absolute atomic E-state index is 0.131. The number of rotatable bonds is 5. The van der Waals surface area contributed by atoms with E-state index in [2.05, 4.69) is 22.9 Å². The van der Waals surface area contributed by atoms with E-state index in [0.29, 0.717) is 11.7 Å². The Kier molecular flexibility index (Phi) is 5.23. The van der Waals surface area contributed by atoms with E-state index in [0.717, 1.165) is 42.7 Å². The number of nitrogens with one attached hydrogen (secondary N) is 2. The maximum absolute atomic E-state index is 13.3. The van der Waals surface area contributed by atoms with E-state index in [-0.39, 0.29) is 11.3 Å². The van der Waals surface area contributed by atoms with Crippen LogP contribution < -0.4 is 15.8 Å². The Morgan fingerprint density at radius 1 is 0.900 bits per heavy atom. The molecule has 0 saturated heterocycles. The van der Waals surface area contributed by atoms with Crippen molar-refractivity contribution in [1.29, 1.82) is 0 Å². The van der Waals surface area contributed by atoms with Gasteiger partial charge in [-0.1, -0.05) is 48.5 Å². The Labute approximate surface area is 184 Å². The molecule has 0 unspecified atom stereocenters. The standard InChI is InChI=1S/C25H29N3OS/c29-23(25-14-19-11-20(15-25)13-21(12-19)16-25)26-24(30)27-28(22-9-5-2-6-10-22)17-18-7-3-1-4-8-18/h1-10,19-21H,11-17H2,(H2,26,27,29,30). The van der Waals surface area contributed by atoms with Gasteiger partial charge in [-0.2, -0.15) is 0 Å². The molecular weight excluding hydrogens is 390 g/mol. The molecular formula is C25H29N3OS. The van der Waals surface area contributed by atoms with Crippen molar-refractivity contribution in [1.82, 2.24) is 10.7 Å². The second-order valence-electron chi connectivity index (χ2n) is 9.50. The summed E-state index contributed by atoms with van der Waals surface area (Å²) in [4.78, 5) is 13.3. The van der Waals surface area contributed by atoms with Crippen molar-refractivity contribution >= 4 is 28.9 Å². The van der Waals surface area contributed by atoms with Crippen molar-refractivity contribution in [2.75, 3.05) is 5.01 Å². The van der Waals surface area contributed by atoms with Gasteiger partial charge in [-0.05, 0) is 86.2 Å². The maximum atomic E-state index is 13.3. The van der Waals surface area contributed by atoms with Gasteiger partial charge in [0, 0.05) is 0 Å². The molecule has 4 nitrogen and oxygen atoms in total. The lowest BCUT2D eigenvalue weighted by Crippen LogP contribution is -2.57. The van der Waals surface area contributed by atoms with Gasteiger partial charge in [0.15, 0.2) is 5.11 Å². The Balaban J connectivity index is 1.28. The molecule has 0 radical (unpaired) electrons. The molecule has 4 saturated carbocycles. The minimum atomic E-state index is -0.197. The van der Waals surface area contributed by atoms with Crippen LogP contribution in [0.3, 0.4) is 0 Å². The molecule has 6 rings (SSSR count). The maximum Gasteiger partial charge on any atom is 0.232 e. The van der Waals surface area contributed by atoms with E-state index < -0.39 is 0 Å². The van der Waals surface area contributed by atoms with Gasteiger partial charge in [0.1, 0.15) is 0 Å². The lowest BCUT2D eigenvalue weighted by atomic mass is 9.49. The number of para-hydroxylation sites is 1. The van der Waals surface area contributed by atoms with E-state index in [9.17, 15) is 4.79 Å². The van der Waals surface area contributed by atoms with Crippen LogP contribution in [0.15, 0.2) is 60.7 Å². The third-order valence-corrected chi connectivity index (χ3v) is 7.43. The molecule has 4 bridgehead atoms. The highest BCUT2D eigenvalue weighted by Gasteiger charge is 2.54. The first-order valence-corrected chi connectivity index (χ1v) is 11.5. The second kappa shape index (κ2) is 8.03. The second-order valence-corrected chi connectivity index (χ2v) is 9.91. The predicted molar refractivity (Wildman–Crippen MR) is 124 cm³/mol. The fraction of sp³-hybridized carbons (Fsp3) is 0.440. The van der Waals surface area contributed by atoms with Crippen LogP contribution >= 0.6 is 12.2 Å². The number of hydrogen-bond acceptors (Lipinski definition) is 3. The normalized spacial score (nSPS) is 28.7. The summed E-state index contributed by atoms with van der Waals surface area (Å²) >= 11 is 5.59. The number of nitrogens with zero attached hydrogens (tertiary/aromatic N) is 1. The molecule has 0 aromatic heterocycles. The summed E-state index contributed by atoms with van der Waals surface area (Å²) in [5.74, 6) is 2.35. The number of thiocarbonyl (C=S) groups is 1. The van der Waals surface area contributed by atoms with Crippen LogP contribution in [-0.2, 0) is 11.3 Å². The summed E-state index contributed by atoms with van der Waals surface area (Å²) in [7, 11) is 0. The average molecular weight is 420 g/mol. The Bertz CT molecular complexity index is 879. The topological polar surface area (TPSA) is 44.4 Å². The van der Waals surface area contributed by atoms with E-state index >= 15 is 0 Å². The highest BCUT2D eigenvalue weighted by Crippen LogP contribution is 2.60. The molecule has 0 heterocycles. The van der Waals surface area contributed by atoms with Gasteiger partial charge in [-0.3, -0.25) is 15.2 Å². The Morgan fingerprint density at radius 2 is 1.43 bits per heavy atom. The number of hydrogen-bond donors (Lipinski definition) is 2. The largest absolute Gasteiger partial charge is 0.301 e. The monoisotopic (exact) mass is 419 g/mol. The predicted octanol–water partition coefficient (Wildman–Crippen LogP) is 4.82. The van der Waals surface area contributed by atoms with Crippen molar-refractivity contribution in [3.8, 4) is 0 Å². The summed E-state index contributed by atoms with van der Waals surface area (Å²) in [6.45, 7) is 0.651. The summed E-state index contributed by atoms with van der Waals surface area (Å²) < 4.78 is 0. The first-order valence-electron chi connectivity index (χ1n) is 11.1. The van der Waals surface area contributed by atoms with Crippen molar-refractivity contribution in [3.63, 3.8) is 0 Å². The van der Waals surface area contributed by atoms with Gasteiger partial charge in [0.05, 0.1) is 17.6 Å². The van der Waals surface area contributed by atoms with Crippen LogP contribution in [0.2, 0.25) is 0 Å². The van der Waals surface area contributed by atoms with Crippen molar-refractivity contribution in [2.24, 2.45) is 23.2 Å². The third kappa shape index (κ3) is 3.95. The fourth-order valence-corrected chi connectivity index (χ4v) is 6.55. The number of hydrazine groups is 1. The number of benzene rings is 2. The van der Waals surface area contributed by atoms with Gasteiger partial charge < -0.3 is 5.32 Å². The molecule has 5 heteroatoms. The molecule has 0 aliphatic heterocycles. The first kappa shape index (κ1) is 19.6. The molecule has 2 aromatic rings. The molecule has 1 amide bonds. The molecule has 30 heavy (non-hydrogen) atoms. The third-order valence-electron chi connectivity index (χ3n) is 7.23. The molecule has 4 aliphatic carbocycles. The summed E-state index contributed by atoms with van der Waals surface area (Å²) in [5.41, 5.74) is 5.26. The van der Waals surface area contributed by atoms with E-state index in [1.54, 1.807) is 0 Å². The molecule has 4 aliphatic rings. The van der Waals surface area contributed by atoms with Crippen molar-refractivity contribution in [3.05, 3.63) is 66.2 Å². The molecule has 156 valence electrons. The molecule has 2 aromatic carbocycles. The Hall–Kier alpha value is -2.40. The smallest absolute Gasteiger partial charge is 0.232 e. The summed E-state index contributed by atoms with van der Waals surface area (Å²) in [6.07, 6.45) is 7.11. The fourth-order valence-electron chi connectivity index (χ4n) is 6.34. The first-order chi connectivity index (χ1) is 14.6. The quantitative estimate of drug-likeness (QED) is 0.539. The number of carbonyl (C=O) groups excluding carboxylic acids is 1. The molecule has 0 spiro atoms. The van der Waals surface area contributed by atoms with Crippen LogP contribution in [0.25, 0.3) is 0 Å². The van der Waals surface area contributed by atoms with Crippen molar-refractivity contribution in [2.45, 2.75) is 45.1 Å². The van der Waals surface area contributed by atoms with Gasteiger partial charge in [-0.25, -0.2) is 0 Å². The SMILES string of the molecule is O=C(NC(=S)NN(Cc1ccccc1)c1ccccc1)C12CC3CC(CC(C3)C1)C2. The van der Waals surface area contributed by atoms with Crippen LogP contribution in [0.1, 0.15) is 44.1 Å². The zero-order chi connectivity index (χ0) is 20.6. The van der Waals surface area contributed by atoms with Gasteiger partial charge in [-0.15, -0.1) is 0 Å². The highest BCUT2D eigenvalue weighted by atomic mass is 32.1. The van der Waals surface area contributed by atoms with Gasteiger partial charge in [0.2, 0.25) is 5.91 Å². The van der Waals surface area contributed by atoms with Crippen LogP contribution in [0.5, 0.6) is 0 Å². The van der Waals surface area contributed by atoms with E-state index in [1.807, 2.05) is 53.5 Å². The minimum Gasteiger partial charge on any atom is -0.301 e. The number of amides is 1. The van der Waals surface area contributed by atoms with Crippen molar-refractivity contribution < 1.29 is 4.79 Å². The summed E-state index contributed by atoms with van der Waals surface area (Å²) in [5, 5.41) is 5.45.